The van der Waals surface area contributed by atoms with Gasteiger partial charge in [0.1, 0.15) is 17.3 Å². The van der Waals surface area contributed by atoms with Crippen molar-refractivity contribution in [3.63, 3.8) is 0 Å². The number of carbonyl (C=O) groups excluding carboxylic acids is 1. The molecule has 3 heterocycles. The van der Waals surface area contributed by atoms with Crippen LogP contribution in [0.5, 0.6) is 5.75 Å². The number of hydrogen-bond acceptors (Lipinski definition) is 6. The third kappa shape index (κ3) is 4.55. The minimum absolute atomic E-state index is 0.178. The number of likely N-dealkylation sites (N-methyl/N-ethyl adjacent to an activating group) is 1. The summed E-state index contributed by atoms with van der Waals surface area (Å²) in [6.07, 6.45) is 9.08. The standard InChI is InChI=1S/C23H31N5O2/c1-3-14-30-17-10-11-24-20(15-17)22-25-19-9-7-8-18(19)23(26-22)27(2)16-21(29)28-12-5-4-6-13-28/h10-11,15H,3-9,12-14,16H2,1-2H3. The zero-order valence-electron chi connectivity index (χ0n) is 18.1. The van der Waals surface area contributed by atoms with Gasteiger partial charge in [0.25, 0.3) is 0 Å². The number of aryl methyl sites for hydroxylation is 1. The fraction of sp³-hybridized carbons (Fsp3) is 0.565. The van der Waals surface area contributed by atoms with Gasteiger partial charge in [0.2, 0.25) is 5.91 Å². The highest BCUT2D eigenvalue weighted by Crippen LogP contribution is 2.31. The Morgan fingerprint density at radius 1 is 1.17 bits per heavy atom. The van der Waals surface area contributed by atoms with Crippen LogP contribution in [-0.4, -0.2) is 59.0 Å². The molecular weight excluding hydrogens is 378 g/mol. The zero-order chi connectivity index (χ0) is 20.9. The van der Waals surface area contributed by atoms with Crippen molar-refractivity contribution >= 4 is 11.7 Å². The van der Waals surface area contributed by atoms with Crippen molar-refractivity contribution in [2.75, 3.05) is 38.2 Å². The number of fused-ring (bicyclic) bond motifs is 1. The number of carbonyl (C=O) groups is 1. The van der Waals surface area contributed by atoms with E-state index in [0.717, 1.165) is 68.9 Å². The summed E-state index contributed by atoms with van der Waals surface area (Å²) in [4.78, 5) is 30.9. The zero-order valence-corrected chi connectivity index (χ0v) is 18.1. The molecular formula is C23H31N5O2. The number of ether oxygens (including phenoxy) is 1. The second kappa shape index (κ2) is 9.41. The molecule has 0 radical (unpaired) electrons. The van der Waals surface area contributed by atoms with Gasteiger partial charge in [-0.2, -0.15) is 0 Å². The first-order chi connectivity index (χ1) is 14.7. The Morgan fingerprint density at radius 3 is 2.80 bits per heavy atom. The molecule has 0 bridgehead atoms. The lowest BCUT2D eigenvalue weighted by atomic mass is 10.1. The Kier molecular flexibility index (Phi) is 6.45. The van der Waals surface area contributed by atoms with Crippen LogP contribution in [0.3, 0.4) is 0 Å². The van der Waals surface area contributed by atoms with Gasteiger partial charge in [0.15, 0.2) is 5.82 Å². The molecule has 7 nitrogen and oxygen atoms in total. The number of likely N-dealkylation sites (tertiary alicyclic amines) is 1. The minimum Gasteiger partial charge on any atom is -0.493 e. The van der Waals surface area contributed by atoms with Crippen LogP contribution in [-0.2, 0) is 17.6 Å². The molecule has 0 atom stereocenters. The number of hydrogen-bond donors (Lipinski definition) is 0. The van der Waals surface area contributed by atoms with E-state index >= 15 is 0 Å². The number of pyridine rings is 1. The van der Waals surface area contributed by atoms with Crippen molar-refractivity contribution in [2.45, 2.75) is 51.9 Å². The maximum absolute atomic E-state index is 12.8. The molecule has 1 saturated heterocycles. The quantitative estimate of drug-likeness (QED) is 0.699. The number of nitrogens with zero attached hydrogens (tertiary/aromatic N) is 5. The van der Waals surface area contributed by atoms with E-state index in [4.69, 9.17) is 14.7 Å². The number of aromatic nitrogens is 3. The topological polar surface area (TPSA) is 71.5 Å². The maximum Gasteiger partial charge on any atom is 0.242 e. The predicted octanol–water partition coefficient (Wildman–Crippen LogP) is 3.26. The lowest BCUT2D eigenvalue weighted by molar-refractivity contribution is -0.130. The van der Waals surface area contributed by atoms with Gasteiger partial charge >= 0.3 is 0 Å². The maximum atomic E-state index is 12.8. The molecule has 1 aliphatic heterocycles. The highest BCUT2D eigenvalue weighted by atomic mass is 16.5. The highest BCUT2D eigenvalue weighted by Gasteiger charge is 2.25. The first kappa shape index (κ1) is 20.6. The lowest BCUT2D eigenvalue weighted by Gasteiger charge is -2.29. The minimum atomic E-state index is 0.178. The third-order valence-electron chi connectivity index (χ3n) is 5.79. The molecule has 0 unspecified atom stereocenters. The van der Waals surface area contributed by atoms with Gasteiger partial charge in [0.05, 0.1) is 13.2 Å². The summed E-state index contributed by atoms with van der Waals surface area (Å²) >= 11 is 0. The Bertz CT molecular complexity index is 895. The summed E-state index contributed by atoms with van der Waals surface area (Å²) in [6.45, 7) is 4.83. The van der Waals surface area contributed by atoms with Gasteiger partial charge in [0, 0.05) is 43.7 Å². The van der Waals surface area contributed by atoms with Crippen molar-refractivity contribution in [3.05, 3.63) is 29.6 Å². The number of amides is 1. The molecule has 0 spiro atoms. The van der Waals surface area contributed by atoms with Crippen LogP contribution in [0.4, 0.5) is 5.82 Å². The third-order valence-corrected chi connectivity index (χ3v) is 5.79. The molecule has 1 amide bonds. The molecule has 2 aromatic rings. The summed E-state index contributed by atoms with van der Waals surface area (Å²) in [5, 5.41) is 0. The molecule has 2 aliphatic rings. The summed E-state index contributed by atoms with van der Waals surface area (Å²) in [6, 6.07) is 3.76. The van der Waals surface area contributed by atoms with Crippen LogP contribution in [0.25, 0.3) is 11.5 Å². The summed E-state index contributed by atoms with van der Waals surface area (Å²) in [5.74, 6) is 2.42. The van der Waals surface area contributed by atoms with E-state index in [-0.39, 0.29) is 5.91 Å². The second-order valence-electron chi connectivity index (χ2n) is 8.17. The first-order valence-corrected chi connectivity index (χ1v) is 11.1. The molecule has 0 saturated carbocycles. The Hall–Kier alpha value is -2.70. The van der Waals surface area contributed by atoms with E-state index < -0.39 is 0 Å². The van der Waals surface area contributed by atoms with Gasteiger partial charge in [-0.25, -0.2) is 9.97 Å². The first-order valence-electron chi connectivity index (χ1n) is 11.1. The van der Waals surface area contributed by atoms with Gasteiger partial charge < -0.3 is 14.5 Å². The van der Waals surface area contributed by atoms with Crippen molar-refractivity contribution < 1.29 is 9.53 Å². The van der Waals surface area contributed by atoms with Crippen LogP contribution >= 0.6 is 0 Å². The normalized spacial score (nSPS) is 15.7. The average Bonchev–Trinajstić information content (AvgIpc) is 3.26. The van der Waals surface area contributed by atoms with Crippen LogP contribution in [0.1, 0.15) is 50.3 Å². The van der Waals surface area contributed by atoms with Gasteiger partial charge in [-0.05, 0) is 51.0 Å². The fourth-order valence-electron chi connectivity index (χ4n) is 4.21. The van der Waals surface area contributed by atoms with Crippen molar-refractivity contribution in [1.82, 2.24) is 19.9 Å². The average molecular weight is 410 g/mol. The fourth-order valence-corrected chi connectivity index (χ4v) is 4.21. The molecule has 0 N–H and O–H groups in total. The van der Waals surface area contributed by atoms with Crippen molar-refractivity contribution in [3.8, 4) is 17.3 Å². The lowest BCUT2D eigenvalue weighted by Crippen LogP contribution is -2.42. The van der Waals surface area contributed by atoms with Crippen LogP contribution in [0, 0.1) is 0 Å². The van der Waals surface area contributed by atoms with E-state index in [0.29, 0.717) is 24.7 Å². The van der Waals surface area contributed by atoms with E-state index in [1.54, 1.807) is 6.20 Å². The van der Waals surface area contributed by atoms with Crippen LogP contribution in [0.2, 0.25) is 0 Å². The molecule has 1 aliphatic carbocycles. The SMILES string of the molecule is CCCOc1ccnc(-c2nc3c(c(N(C)CC(=O)N4CCCCC4)n2)CCC3)c1. The molecule has 160 valence electrons. The molecule has 1 fully saturated rings. The van der Waals surface area contributed by atoms with Crippen LogP contribution in [0.15, 0.2) is 18.3 Å². The largest absolute Gasteiger partial charge is 0.493 e. The monoisotopic (exact) mass is 409 g/mol. The molecule has 30 heavy (non-hydrogen) atoms. The molecule has 4 rings (SSSR count). The van der Waals surface area contributed by atoms with E-state index in [1.807, 2.05) is 29.0 Å². The van der Waals surface area contributed by atoms with E-state index in [2.05, 4.69) is 11.9 Å². The van der Waals surface area contributed by atoms with Gasteiger partial charge in [-0.15, -0.1) is 0 Å². The molecule has 0 aromatic carbocycles. The van der Waals surface area contributed by atoms with Crippen molar-refractivity contribution in [2.24, 2.45) is 0 Å². The Labute approximate surface area is 178 Å². The summed E-state index contributed by atoms with van der Waals surface area (Å²) in [7, 11) is 1.96. The van der Waals surface area contributed by atoms with Gasteiger partial charge in [-0.3, -0.25) is 9.78 Å². The summed E-state index contributed by atoms with van der Waals surface area (Å²) < 4.78 is 5.75. The predicted molar refractivity (Wildman–Crippen MR) is 117 cm³/mol. The van der Waals surface area contributed by atoms with E-state index in [9.17, 15) is 4.79 Å². The number of anilines is 1. The number of rotatable bonds is 7. The highest BCUT2D eigenvalue weighted by molar-refractivity contribution is 5.81. The number of piperidine rings is 1. The second-order valence-corrected chi connectivity index (χ2v) is 8.17. The van der Waals surface area contributed by atoms with Crippen LogP contribution < -0.4 is 9.64 Å². The molecule has 2 aromatic heterocycles. The van der Waals surface area contributed by atoms with E-state index in [1.165, 1.54) is 12.0 Å². The molecule has 7 heteroatoms. The Balaban J connectivity index is 1.59. The summed E-state index contributed by atoms with van der Waals surface area (Å²) in [5.41, 5.74) is 2.95. The smallest absolute Gasteiger partial charge is 0.242 e. The van der Waals surface area contributed by atoms with Gasteiger partial charge in [-0.1, -0.05) is 6.92 Å². The van der Waals surface area contributed by atoms with Crippen molar-refractivity contribution in [1.29, 1.82) is 0 Å². The Morgan fingerprint density at radius 2 is 2.00 bits per heavy atom.